The van der Waals surface area contributed by atoms with Crippen LogP contribution in [0.2, 0.25) is 0 Å². The molecule has 0 aromatic rings. The van der Waals surface area contributed by atoms with Crippen molar-refractivity contribution in [3.05, 3.63) is 36.5 Å². The molecule has 1 amide bonds. The van der Waals surface area contributed by atoms with Crippen molar-refractivity contribution in [1.82, 2.24) is 5.32 Å². The molecule has 0 radical (unpaired) electrons. The highest BCUT2D eigenvalue weighted by Crippen LogP contribution is 2.26. The van der Waals surface area contributed by atoms with Crippen molar-refractivity contribution in [3.8, 4) is 0 Å². The summed E-state index contributed by atoms with van der Waals surface area (Å²) >= 11 is 0. The number of aliphatic hydroxyl groups excluding tert-OH is 5. The first-order valence-corrected chi connectivity index (χ1v) is 28.8. The summed E-state index contributed by atoms with van der Waals surface area (Å²) in [5, 5.41) is 56.8. The summed E-state index contributed by atoms with van der Waals surface area (Å²) in [6.07, 6.45) is 43.3. The highest BCUT2D eigenvalue weighted by molar-refractivity contribution is 5.80. The molecule has 0 spiro atoms. The maximum absolute atomic E-state index is 13.4. The summed E-state index contributed by atoms with van der Waals surface area (Å²) < 4.78 is 17.5. The zero-order valence-corrected chi connectivity index (χ0v) is 44.4. The Kier molecular flexibility index (Phi) is 44.1. The van der Waals surface area contributed by atoms with E-state index in [9.17, 15) is 35.1 Å². The molecule has 69 heavy (non-hydrogen) atoms. The van der Waals surface area contributed by atoms with E-state index in [1.807, 2.05) is 6.08 Å². The van der Waals surface area contributed by atoms with E-state index in [0.29, 0.717) is 12.8 Å². The van der Waals surface area contributed by atoms with Gasteiger partial charge in [-0.1, -0.05) is 231 Å². The molecule has 1 rings (SSSR count). The van der Waals surface area contributed by atoms with Crippen molar-refractivity contribution in [3.63, 3.8) is 0 Å². The lowest BCUT2D eigenvalue weighted by molar-refractivity contribution is -0.305. The second-order valence-corrected chi connectivity index (χ2v) is 20.0. The van der Waals surface area contributed by atoms with Crippen LogP contribution in [0, 0.1) is 0 Å². The van der Waals surface area contributed by atoms with Crippen LogP contribution in [0.25, 0.3) is 0 Å². The molecule has 8 unspecified atom stereocenters. The molecule has 8 atom stereocenters. The molecule has 0 bridgehead atoms. The third-order valence-electron chi connectivity index (χ3n) is 13.5. The Morgan fingerprint density at radius 3 is 1.51 bits per heavy atom. The number of esters is 1. The summed E-state index contributed by atoms with van der Waals surface area (Å²) in [5.41, 5.74) is 0. The quantitative estimate of drug-likeness (QED) is 0.0196. The Morgan fingerprint density at radius 1 is 0.565 bits per heavy atom. The van der Waals surface area contributed by atoms with Crippen LogP contribution >= 0.6 is 0 Å². The van der Waals surface area contributed by atoms with Gasteiger partial charge >= 0.3 is 5.97 Å². The minimum atomic E-state index is -1.61. The number of aliphatic hydroxyl groups is 5. The predicted molar refractivity (Wildman–Crippen MR) is 283 cm³/mol. The number of nitrogens with one attached hydrogen (secondary N) is 1. The molecule has 404 valence electrons. The summed E-state index contributed by atoms with van der Waals surface area (Å²) in [6, 6.07) is -1.02. The predicted octanol–water partition coefficient (Wildman–Crippen LogP) is 12.7. The summed E-state index contributed by atoms with van der Waals surface area (Å²) in [4.78, 5) is 26.4. The van der Waals surface area contributed by atoms with Gasteiger partial charge in [-0.3, -0.25) is 9.59 Å². The average molecular weight is 978 g/mol. The first-order chi connectivity index (χ1) is 33.7. The van der Waals surface area contributed by atoms with Gasteiger partial charge in [-0.05, 0) is 57.8 Å². The van der Waals surface area contributed by atoms with Crippen molar-refractivity contribution in [2.45, 2.75) is 307 Å². The minimum absolute atomic E-state index is 0.126. The second-order valence-electron chi connectivity index (χ2n) is 20.0. The largest absolute Gasteiger partial charge is 0.454 e. The number of carbonyl (C=O) groups excluding carboxylic acids is 2. The first-order valence-electron chi connectivity index (χ1n) is 28.8. The van der Waals surface area contributed by atoms with E-state index in [1.165, 1.54) is 128 Å². The van der Waals surface area contributed by atoms with E-state index >= 15 is 0 Å². The van der Waals surface area contributed by atoms with Gasteiger partial charge in [0.05, 0.1) is 25.4 Å². The molecule has 6 N–H and O–H groups in total. The van der Waals surface area contributed by atoms with Gasteiger partial charge < -0.3 is 45.1 Å². The summed E-state index contributed by atoms with van der Waals surface area (Å²) in [5.74, 6) is -1.20. The number of hydrogen-bond acceptors (Lipinski definition) is 10. The number of allylic oxidation sites excluding steroid dienone is 5. The van der Waals surface area contributed by atoms with Gasteiger partial charge in [0.25, 0.3) is 0 Å². The van der Waals surface area contributed by atoms with E-state index in [4.69, 9.17) is 14.2 Å². The SMILES string of the molecule is CCCCC/C=C\C/C=C\CCCCCCCCC(O)C(=O)NC(COC1OC(CO)C(O)C(O)C1OC(=O)CCCCCCCCCCCCC)C(O)/C=C/CCCCCCCCCCCCC. The number of hydrogen-bond donors (Lipinski definition) is 6. The van der Waals surface area contributed by atoms with Gasteiger partial charge in [0.1, 0.15) is 24.4 Å². The molecule has 1 heterocycles. The minimum Gasteiger partial charge on any atom is -0.454 e. The van der Waals surface area contributed by atoms with Gasteiger partial charge in [0.15, 0.2) is 12.4 Å². The normalized spacial score (nSPS) is 20.0. The number of rotatable bonds is 48. The molecule has 0 aromatic carbocycles. The van der Waals surface area contributed by atoms with Crippen LogP contribution in [0.3, 0.4) is 0 Å². The van der Waals surface area contributed by atoms with Crippen LogP contribution in [-0.4, -0.2) is 99.6 Å². The van der Waals surface area contributed by atoms with Crippen molar-refractivity contribution in [2.24, 2.45) is 0 Å². The molecule has 0 saturated carbocycles. The van der Waals surface area contributed by atoms with Gasteiger partial charge in [-0.2, -0.15) is 0 Å². The Balaban J connectivity index is 2.74. The fourth-order valence-electron chi connectivity index (χ4n) is 8.92. The van der Waals surface area contributed by atoms with Crippen molar-refractivity contribution >= 4 is 11.9 Å². The molecule has 11 heteroatoms. The van der Waals surface area contributed by atoms with E-state index < -0.39 is 67.4 Å². The Morgan fingerprint density at radius 2 is 1.00 bits per heavy atom. The highest BCUT2D eigenvalue weighted by atomic mass is 16.7. The average Bonchev–Trinajstić information content (AvgIpc) is 3.34. The first kappa shape index (κ1) is 64.9. The van der Waals surface area contributed by atoms with Crippen LogP contribution in [0.5, 0.6) is 0 Å². The lowest BCUT2D eigenvalue weighted by Gasteiger charge is -2.41. The van der Waals surface area contributed by atoms with Crippen molar-refractivity contribution < 1.29 is 49.3 Å². The summed E-state index contributed by atoms with van der Waals surface area (Å²) in [7, 11) is 0. The maximum atomic E-state index is 13.4. The van der Waals surface area contributed by atoms with Gasteiger partial charge in [0, 0.05) is 6.42 Å². The van der Waals surface area contributed by atoms with Gasteiger partial charge in [0.2, 0.25) is 5.91 Å². The molecule has 1 saturated heterocycles. The Hall–Kier alpha value is -2.12. The topological polar surface area (TPSA) is 175 Å². The Bertz CT molecular complexity index is 1260. The van der Waals surface area contributed by atoms with Crippen LogP contribution in [0.15, 0.2) is 36.5 Å². The van der Waals surface area contributed by atoms with E-state index in [0.717, 1.165) is 83.5 Å². The Labute approximate surface area is 422 Å². The van der Waals surface area contributed by atoms with E-state index in [2.05, 4.69) is 50.4 Å². The van der Waals surface area contributed by atoms with Crippen LogP contribution in [0.1, 0.15) is 258 Å². The monoisotopic (exact) mass is 978 g/mol. The molecule has 11 nitrogen and oxygen atoms in total. The summed E-state index contributed by atoms with van der Waals surface area (Å²) in [6.45, 7) is 5.74. The molecule has 1 aliphatic heterocycles. The van der Waals surface area contributed by atoms with Crippen LogP contribution in [0.4, 0.5) is 0 Å². The van der Waals surface area contributed by atoms with Crippen molar-refractivity contribution in [2.75, 3.05) is 13.2 Å². The number of carbonyl (C=O) groups is 2. The fraction of sp³-hybridized carbons (Fsp3) is 0.862. The molecule has 1 aliphatic rings. The third-order valence-corrected chi connectivity index (χ3v) is 13.5. The van der Waals surface area contributed by atoms with Gasteiger partial charge in [-0.15, -0.1) is 0 Å². The molecule has 1 fully saturated rings. The maximum Gasteiger partial charge on any atom is 0.306 e. The molecular formula is C58H107NO10. The van der Waals surface area contributed by atoms with Crippen molar-refractivity contribution in [1.29, 1.82) is 0 Å². The van der Waals surface area contributed by atoms with Crippen LogP contribution < -0.4 is 5.32 Å². The van der Waals surface area contributed by atoms with E-state index in [-0.39, 0.29) is 19.4 Å². The zero-order valence-electron chi connectivity index (χ0n) is 44.4. The lowest BCUT2D eigenvalue weighted by Crippen LogP contribution is -2.61. The van der Waals surface area contributed by atoms with Crippen LogP contribution in [-0.2, 0) is 23.8 Å². The molecule has 0 aliphatic carbocycles. The van der Waals surface area contributed by atoms with Gasteiger partial charge in [-0.25, -0.2) is 0 Å². The zero-order chi connectivity index (χ0) is 50.4. The second kappa shape index (κ2) is 46.9. The lowest BCUT2D eigenvalue weighted by atomic mass is 9.99. The number of unbranched alkanes of at least 4 members (excludes halogenated alkanes) is 30. The number of ether oxygens (including phenoxy) is 3. The standard InChI is InChI=1S/C58H107NO10/c1-4-7-10-13-16-19-22-24-25-26-28-31-33-36-39-42-45-51(62)57(66)59-49(50(61)44-41-38-35-32-30-27-23-20-17-14-11-8-5-2)48-67-58-56(55(65)54(64)52(47-60)68-58)69-53(63)46-43-40-37-34-29-21-18-15-12-9-6-3/h16,19,24-25,41,44,49-52,54-56,58,60-62,64-65H,4-15,17-18,20-23,26-40,42-43,45-48H2,1-3H3,(H,59,66)/b19-16-,25-24-,44-41+. The fourth-order valence-corrected chi connectivity index (χ4v) is 8.92. The smallest absolute Gasteiger partial charge is 0.306 e. The number of amides is 1. The molecule has 0 aromatic heterocycles. The highest BCUT2D eigenvalue weighted by Gasteiger charge is 2.47. The molecular weight excluding hydrogens is 871 g/mol. The third kappa shape index (κ3) is 35.6. The van der Waals surface area contributed by atoms with E-state index in [1.54, 1.807) is 6.08 Å².